The van der Waals surface area contributed by atoms with Crippen LogP contribution in [0.2, 0.25) is 0 Å². The van der Waals surface area contributed by atoms with Gasteiger partial charge in [0.25, 0.3) is 0 Å². The molecule has 0 aliphatic heterocycles. The van der Waals surface area contributed by atoms with Crippen molar-refractivity contribution in [3.05, 3.63) is 0 Å². The summed E-state index contributed by atoms with van der Waals surface area (Å²) in [5.41, 5.74) is 0. The summed E-state index contributed by atoms with van der Waals surface area (Å²) in [5, 5.41) is 1.42. The maximum absolute atomic E-state index is 13.4. The highest BCUT2D eigenvalue weighted by Crippen LogP contribution is 2.58. The van der Waals surface area contributed by atoms with Crippen molar-refractivity contribution >= 4 is 6.09 Å². The summed E-state index contributed by atoms with van der Waals surface area (Å²) in [6, 6.07) is 0. The molecule has 0 saturated carbocycles. The molecule has 0 bridgehead atoms. The number of unbranched alkanes of at least 4 members (excludes halogenated alkanes) is 3. The smallest absolute Gasteiger partial charge is 0.379 e. The molecule has 0 aliphatic carbocycles. The molecule has 0 atom stereocenters. The van der Waals surface area contributed by atoms with Gasteiger partial charge in [0.15, 0.2) is 0 Å². The Labute approximate surface area is 160 Å². The number of ether oxygens (including phenoxy) is 1. The Balaban J connectivity index is 5.55. The molecule has 0 saturated heterocycles. The van der Waals surface area contributed by atoms with Gasteiger partial charge in [0.2, 0.25) is 0 Å². The average Bonchev–Trinajstić information content (AvgIpc) is 2.51. The number of hydrogen-bond acceptors (Lipinski definition) is 2. The van der Waals surface area contributed by atoms with Gasteiger partial charge in [0.05, 0.1) is 0 Å². The molecule has 0 aliphatic rings. The van der Waals surface area contributed by atoms with E-state index in [0.29, 0.717) is 19.3 Å². The average molecular weight is 477 g/mol. The van der Waals surface area contributed by atoms with Gasteiger partial charge in [-0.05, 0) is 6.42 Å². The van der Waals surface area contributed by atoms with Gasteiger partial charge in [0, 0.05) is 6.54 Å². The van der Waals surface area contributed by atoms with E-state index in [9.17, 15) is 61.9 Å². The zero-order valence-corrected chi connectivity index (χ0v) is 15.0. The minimum atomic E-state index is -7.76. The summed E-state index contributed by atoms with van der Waals surface area (Å²) in [7, 11) is 0. The summed E-state index contributed by atoms with van der Waals surface area (Å²) in [6.45, 7) is 1.29. The van der Waals surface area contributed by atoms with Crippen molar-refractivity contribution < 1.29 is 66.6 Å². The molecule has 0 spiro atoms. The molecule has 0 aromatic rings. The van der Waals surface area contributed by atoms with E-state index in [-0.39, 0.29) is 6.42 Å². The van der Waals surface area contributed by atoms with Gasteiger partial charge in [-0.2, -0.15) is 57.1 Å². The summed E-state index contributed by atoms with van der Waals surface area (Å²) < 4.78 is 171. The van der Waals surface area contributed by atoms with E-state index in [1.807, 2.05) is 0 Å². The van der Waals surface area contributed by atoms with Gasteiger partial charge in [-0.15, -0.1) is 0 Å². The molecule has 1 N–H and O–H groups in total. The highest BCUT2D eigenvalue weighted by Gasteiger charge is 2.88. The number of alkyl halides is 13. The first-order valence-corrected chi connectivity index (χ1v) is 8.09. The van der Waals surface area contributed by atoms with Crippen molar-refractivity contribution in [2.45, 2.75) is 75.0 Å². The van der Waals surface area contributed by atoms with E-state index in [0.717, 1.165) is 0 Å². The van der Waals surface area contributed by atoms with Crippen LogP contribution >= 0.6 is 0 Å². The lowest BCUT2D eigenvalue weighted by atomic mass is 9.95. The molecule has 30 heavy (non-hydrogen) atoms. The minimum absolute atomic E-state index is 0.1000. The first-order chi connectivity index (χ1) is 13.2. The van der Waals surface area contributed by atoms with E-state index in [1.165, 1.54) is 5.32 Å². The van der Waals surface area contributed by atoms with E-state index in [1.54, 1.807) is 6.92 Å². The zero-order chi connectivity index (χ0) is 24.2. The molecule has 0 unspecified atom stereocenters. The SMILES string of the molecule is CCCCCCNC(=O)OC(F)(F)C(F)(F)C(F)(F)C(F)(F)C(F)(F)CC(F)(F)F. The second-order valence-electron chi connectivity index (χ2n) is 6.11. The van der Waals surface area contributed by atoms with Gasteiger partial charge in [-0.25, -0.2) is 4.79 Å². The second kappa shape index (κ2) is 9.24. The van der Waals surface area contributed by atoms with E-state index >= 15 is 0 Å². The van der Waals surface area contributed by atoms with Crippen LogP contribution in [0.4, 0.5) is 61.9 Å². The lowest BCUT2D eigenvalue weighted by Crippen LogP contribution is -2.68. The van der Waals surface area contributed by atoms with Gasteiger partial charge in [-0.1, -0.05) is 26.2 Å². The predicted octanol–water partition coefficient (Wildman–Crippen LogP) is 6.38. The summed E-state index contributed by atoms with van der Waals surface area (Å²) in [6.07, 6.45) is -17.7. The van der Waals surface area contributed by atoms with Crippen molar-refractivity contribution in [3.63, 3.8) is 0 Å². The summed E-state index contributed by atoms with van der Waals surface area (Å²) in [5.74, 6) is -29.8. The Hall–Kier alpha value is -1.64. The third-order valence-corrected chi connectivity index (χ3v) is 3.56. The standard InChI is InChI=1S/C14H16F13NO2/c1-2-3-4-5-6-28-8(29)30-14(26,27)13(24,25)12(22,23)11(20,21)9(15,16)7-10(17,18)19/h2-7H2,1H3,(H,28,29). The van der Waals surface area contributed by atoms with Crippen LogP contribution in [0.5, 0.6) is 0 Å². The van der Waals surface area contributed by atoms with E-state index in [2.05, 4.69) is 4.74 Å². The molecule has 1 amide bonds. The largest absolute Gasteiger partial charge is 0.474 e. The Kier molecular flexibility index (Phi) is 8.73. The molecule has 16 heteroatoms. The lowest BCUT2D eigenvalue weighted by molar-refractivity contribution is -0.438. The number of hydrogen-bond donors (Lipinski definition) is 1. The first kappa shape index (κ1) is 28.4. The molecule has 0 fully saturated rings. The minimum Gasteiger partial charge on any atom is -0.379 e. The highest BCUT2D eigenvalue weighted by molar-refractivity contribution is 5.67. The maximum atomic E-state index is 13.4. The van der Waals surface area contributed by atoms with Crippen molar-refractivity contribution in [3.8, 4) is 0 Å². The van der Waals surface area contributed by atoms with Gasteiger partial charge in [0.1, 0.15) is 6.42 Å². The van der Waals surface area contributed by atoms with Gasteiger partial charge in [-0.3, -0.25) is 0 Å². The molecular formula is C14H16F13NO2. The van der Waals surface area contributed by atoms with Crippen molar-refractivity contribution in [2.75, 3.05) is 6.54 Å². The van der Waals surface area contributed by atoms with Crippen LogP contribution in [0.3, 0.4) is 0 Å². The maximum Gasteiger partial charge on any atom is 0.474 e. The van der Waals surface area contributed by atoms with E-state index < -0.39 is 55.0 Å². The number of rotatable bonds is 11. The lowest BCUT2D eigenvalue weighted by Gasteiger charge is -2.38. The predicted molar refractivity (Wildman–Crippen MR) is 74.0 cm³/mol. The summed E-state index contributed by atoms with van der Waals surface area (Å²) >= 11 is 0. The number of halogens is 13. The fourth-order valence-corrected chi connectivity index (χ4v) is 1.93. The quantitative estimate of drug-likeness (QED) is 0.277. The topological polar surface area (TPSA) is 38.3 Å². The Morgan fingerprint density at radius 1 is 0.733 bits per heavy atom. The van der Waals surface area contributed by atoms with Crippen molar-refractivity contribution in [1.82, 2.24) is 5.32 Å². The van der Waals surface area contributed by atoms with Crippen molar-refractivity contribution in [1.29, 1.82) is 0 Å². The first-order valence-electron chi connectivity index (χ1n) is 8.09. The molecule has 3 nitrogen and oxygen atoms in total. The molecule has 0 rings (SSSR count). The normalized spacial score (nSPS) is 14.6. The second-order valence-corrected chi connectivity index (χ2v) is 6.11. The number of carbonyl (C=O) groups is 1. The van der Waals surface area contributed by atoms with Crippen LogP contribution in [0, 0.1) is 0 Å². The fourth-order valence-electron chi connectivity index (χ4n) is 1.93. The van der Waals surface area contributed by atoms with Crippen LogP contribution in [0.25, 0.3) is 0 Å². The molecule has 180 valence electrons. The number of nitrogens with one attached hydrogen (secondary N) is 1. The van der Waals surface area contributed by atoms with E-state index in [4.69, 9.17) is 0 Å². The van der Waals surface area contributed by atoms with Crippen molar-refractivity contribution in [2.24, 2.45) is 0 Å². The number of alkyl carbamates (subject to hydrolysis) is 1. The highest BCUT2D eigenvalue weighted by atomic mass is 19.4. The number of carbonyl (C=O) groups excluding carboxylic acids is 1. The van der Waals surface area contributed by atoms with Gasteiger partial charge >= 0.3 is 42.1 Å². The Morgan fingerprint density at radius 2 is 1.23 bits per heavy atom. The molecule has 0 aromatic heterocycles. The van der Waals surface area contributed by atoms with Crippen LogP contribution in [-0.4, -0.2) is 48.6 Å². The van der Waals surface area contributed by atoms with Gasteiger partial charge < -0.3 is 10.1 Å². The fraction of sp³-hybridized carbons (Fsp3) is 0.929. The third kappa shape index (κ3) is 6.18. The van der Waals surface area contributed by atoms with Crippen LogP contribution in [-0.2, 0) is 4.74 Å². The van der Waals surface area contributed by atoms with Crippen LogP contribution in [0.15, 0.2) is 0 Å². The Morgan fingerprint density at radius 3 is 1.67 bits per heavy atom. The molecule has 0 radical (unpaired) electrons. The third-order valence-electron chi connectivity index (χ3n) is 3.56. The Bertz CT molecular complexity index is 575. The molecular weight excluding hydrogens is 461 g/mol. The number of amides is 1. The monoisotopic (exact) mass is 477 g/mol. The molecule has 0 aromatic carbocycles. The van der Waals surface area contributed by atoms with Crippen LogP contribution < -0.4 is 5.32 Å². The van der Waals surface area contributed by atoms with Crippen LogP contribution in [0.1, 0.15) is 39.0 Å². The zero-order valence-electron chi connectivity index (χ0n) is 15.0. The summed E-state index contributed by atoms with van der Waals surface area (Å²) in [4.78, 5) is 11.0. The molecule has 0 heterocycles.